The van der Waals surface area contributed by atoms with Crippen LogP contribution in [0.5, 0.6) is 0 Å². The van der Waals surface area contributed by atoms with Crippen LogP contribution in [0, 0.1) is 18.7 Å². The van der Waals surface area contributed by atoms with Gasteiger partial charge in [0.05, 0.1) is 11.0 Å². The van der Waals surface area contributed by atoms with Crippen LogP contribution < -0.4 is 10.6 Å². The van der Waals surface area contributed by atoms with Crippen LogP contribution in [0.25, 0.3) is 22.4 Å². The predicted molar refractivity (Wildman–Crippen MR) is 162 cm³/mol. The molecule has 206 valence electrons. The van der Waals surface area contributed by atoms with Crippen molar-refractivity contribution < 1.29 is 9.18 Å². The zero-order chi connectivity index (χ0) is 28.2. The van der Waals surface area contributed by atoms with Gasteiger partial charge in [-0.3, -0.25) is 0 Å². The van der Waals surface area contributed by atoms with Gasteiger partial charge in [-0.15, -0.1) is 0 Å². The van der Waals surface area contributed by atoms with Gasteiger partial charge in [0.15, 0.2) is 0 Å². The molecule has 0 saturated carbocycles. The van der Waals surface area contributed by atoms with Crippen LogP contribution in [0.3, 0.4) is 0 Å². The number of anilines is 1. The Morgan fingerprint density at radius 2 is 1.63 bits per heavy atom. The third kappa shape index (κ3) is 4.29. The molecular weight excluding hydrogens is 511 g/mol. The number of nitrogens with zero attached hydrogens (tertiary/aromatic N) is 2. The first-order valence-corrected chi connectivity index (χ1v) is 14.4. The Labute approximate surface area is 239 Å². The molecule has 3 aliphatic rings. The van der Waals surface area contributed by atoms with E-state index < -0.39 is 0 Å². The van der Waals surface area contributed by atoms with E-state index in [1.807, 2.05) is 25.1 Å². The van der Waals surface area contributed by atoms with E-state index >= 15 is 0 Å². The van der Waals surface area contributed by atoms with Crippen LogP contribution >= 0.6 is 0 Å². The van der Waals surface area contributed by atoms with Crippen LogP contribution in [0.15, 0.2) is 84.9 Å². The number of carbonyl (C=O) groups is 1. The lowest BCUT2D eigenvalue weighted by atomic mass is 9.59. The van der Waals surface area contributed by atoms with E-state index in [4.69, 9.17) is 4.98 Å². The minimum absolute atomic E-state index is 0.127. The minimum atomic E-state index is -0.307. The Hall–Kier alpha value is -4.45. The van der Waals surface area contributed by atoms with Gasteiger partial charge in [0, 0.05) is 41.7 Å². The van der Waals surface area contributed by atoms with Gasteiger partial charge in [-0.2, -0.15) is 0 Å². The molecule has 5 aromatic rings. The van der Waals surface area contributed by atoms with Crippen LogP contribution in [-0.4, -0.2) is 22.1 Å². The summed E-state index contributed by atoms with van der Waals surface area (Å²) in [7, 11) is 0. The van der Waals surface area contributed by atoms with Crippen molar-refractivity contribution in [2.75, 3.05) is 11.9 Å². The molecule has 1 unspecified atom stereocenters. The molecule has 2 amide bonds. The fourth-order valence-electron chi connectivity index (χ4n) is 7.04. The average molecular weight is 545 g/mol. The standard InChI is InChI=1S/C35H33FN4O/c1-20(2)40-32-15-14-24(36)18-31(32)38-34(40)22-13-12-21(3)30(17-22)39-35(41)37-19-23-16-29-25-8-4-6-10-27(25)33(23)28-11-7-5-9-26(28)29/h4-15,17-18,20,23,29,33H,16,19H2,1-3H3,(H2,37,39,41). The van der Waals surface area contributed by atoms with Crippen molar-refractivity contribution in [1.29, 1.82) is 0 Å². The second-order valence-electron chi connectivity index (χ2n) is 11.7. The van der Waals surface area contributed by atoms with Gasteiger partial charge in [0.25, 0.3) is 0 Å². The number of aromatic nitrogens is 2. The van der Waals surface area contributed by atoms with Crippen molar-refractivity contribution >= 4 is 22.8 Å². The zero-order valence-corrected chi connectivity index (χ0v) is 23.5. The lowest BCUT2D eigenvalue weighted by Crippen LogP contribution is -2.40. The monoisotopic (exact) mass is 544 g/mol. The first-order chi connectivity index (χ1) is 19.9. The number of aryl methyl sites for hydroxylation is 1. The van der Waals surface area contributed by atoms with Gasteiger partial charge in [-0.05, 0) is 79.1 Å². The van der Waals surface area contributed by atoms with E-state index in [0.717, 1.165) is 34.6 Å². The molecule has 1 atom stereocenters. The van der Waals surface area contributed by atoms with Gasteiger partial charge in [-0.1, -0.05) is 60.7 Å². The number of urea groups is 1. The SMILES string of the molecule is Cc1ccc(-c2nc3cc(F)ccc3n2C(C)C)cc1NC(=O)NCC1CC2c3ccccc3C1c1ccccc12. The molecule has 0 saturated heterocycles. The van der Waals surface area contributed by atoms with Gasteiger partial charge in [0.1, 0.15) is 11.6 Å². The lowest BCUT2D eigenvalue weighted by Gasteiger charge is -2.45. The van der Waals surface area contributed by atoms with Crippen molar-refractivity contribution in [1.82, 2.24) is 14.9 Å². The number of hydrogen-bond acceptors (Lipinski definition) is 2. The van der Waals surface area contributed by atoms with E-state index in [1.165, 1.54) is 34.4 Å². The molecule has 8 rings (SSSR count). The largest absolute Gasteiger partial charge is 0.338 e. The molecule has 4 aromatic carbocycles. The highest BCUT2D eigenvalue weighted by atomic mass is 19.1. The maximum atomic E-state index is 13.9. The topological polar surface area (TPSA) is 59.0 Å². The summed E-state index contributed by atoms with van der Waals surface area (Å²) < 4.78 is 16.0. The number of amides is 2. The summed E-state index contributed by atoms with van der Waals surface area (Å²) >= 11 is 0. The number of fused-ring (bicyclic) bond motifs is 2. The molecule has 0 spiro atoms. The second-order valence-corrected chi connectivity index (χ2v) is 11.7. The van der Waals surface area contributed by atoms with Crippen LogP contribution in [0.2, 0.25) is 0 Å². The van der Waals surface area contributed by atoms with E-state index in [-0.39, 0.29) is 23.8 Å². The molecule has 1 heterocycles. The predicted octanol–water partition coefficient (Wildman–Crippen LogP) is 8.15. The molecular formula is C35H33FN4O. The highest BCUT2D eigenvalue weighted by Gasteiger charge is 2.42. The summed E-state index contributed by atoms with van der Waals surface area (Å²) in [6.07, 6.45) is 1.03. The molecule has 1 aromatic heterocycles. The molecule has 0 aliphatic heterocycles. The maximum Gasteiger partial charge on any atom is 0.319 e. The molecule has 3 aliphatic carbocycles. The number of hydrogen-bond donors (Lipinski definition) is 2. The minimum Gasteiger partial charge on any atom is -0.338 e. The smallest absolute Gasteiger partial charge is 0.319 e. The third-order valence-electron chi connectivity index (χ3n) is 8.86. The molecule has 2 N–H and O–H groups in total. The molecule has 5 nitrogen and oxygen atoms in total. The number of nitrogens with one attached hydrogen (secondary N) is 2. The van der Waals surface area contributed by atoms with Crippen LogP contribution in [0.1, 0.15) is 66.0 Å². The summed E-state index contributed by atoms with van der Waals surface area (Å²) in [6.45, 7) is 6.75. The van der Waals surface area contributed by atoms with Crippen molar-refractivity contribution in [3.05, 3.63) is 119 Å². The first-order valence-electron chi connectivity index (χ1n) is 14.4. The summed E-state index contributed by atoms with van der Waals surface area (Å²) in [5.74, 6) is 1.42. The van der Waals surface area contributed by atoms with E-state index in [9.17, 15) is 9.18 Å². The normalized spacial score (nSPS) is 18.8. The van der Waals surface area contributed by atoms with E-state index in [2.05, 4.69) is 77.6 Å². The number of carbonyl (C=O) groups excluding carboxylic acids is 1. The fraction of sp³-hybridized carbons (Fsp3) is 0.257. The summed E-state index contributed by atoms with van der Waals surface area (Å²) in [6, 6.07) is 28.1. The number of benzene rings is 4. The Morgan fingerprint density at radius 3 is 2.32 bits per heavy atom. The quantitative estimate of drug-likeness (QED) is 0.235. The molecule has 0 fully saturated rings. The number of rotatable bonds is 5. The van der Waals surface area contributed by atoms with Gasteiger partial charge >= 0.3 is 6.03 Å². The fourth-order valence-corrected chi connectivity index (χ4v) is 7.04. The molecule has 0 radical (unpaired) electrons. The van der Waals surface area contributed by atoms with Crippen molar-refractivity contribution in [3.8, 4) is 11.4 Å². The third-order valence-corrected chi connectivity index (χ3v) is 8.86. The van der Waals surface area contributed by atoms with Crippen LogP contribution in [0.4, 0.5) is 14.9 Å². The van der Waals surface area contributed by atoms with E-state index in [1.54, 1.807) is 6.07 Å². The Morgan fingerprint density at radius 1 is 0.951 bits per heavy atom. The van der Waals surface area contributed by atoms with Gasteiger partial charge in [0.2, 0.25) is 0 Å². The van der Waals surface area contributed by atoms with Crippen LogP contribution in [-0.2, 0) is 0 Å². The van der Waals surface area contributed by atoms with E-state index in [0.29, 0.717) is 23.9 Å². The van der Waals surface area contributed by atoms with Crippen molar-refractivity contribution in [2.45, 2.75) is 45.1 Å². The van der Waals surface area contributed by atoms with Gasteiger partial charge in [-0.25, -0.2) is 14.2 Å². The summed E-state index contributed by atoms with van der Waals surface area (Å²) in [4.78, 5) is 18.0. The van der Waals surface area contributed by atoms with Crippen molar-refractivity contribution in [3.63, 3.8) is 0 Å². The zero-order valence-electron chi connectivity index (χ0n) is 23.5. The first kappa shape index (κ1) is 25.5. The second kappa shape index (κ2) is 9.88. The summed E-state index contributed by atoms with van der Waals surface area (Å²) in [5, 5.41) is 6.27. The lowest BCUT2D eigenvalue weighted by molar-refractivity contribution is 0.247. The summed E-state index contributed by atoms with van der Waals surface area (Å²) in [5.41, 5.74) is 9.71. The Kier molecular flexibility index (Phi) is 6.15. The number of imidazole rings is 1. The number of halogens is 1. The Balaban J connectivity index is 1.12. The highest BCUT2D eigenvalue weighted by Crippen LogP contribution is 2.55. The average Bonchev–Trinajstić information content (AvgIpc) is 3.36. The molecule has 6 heteroatoms. The highest BCUT2D eigenvalue weighted by molar-refractivity contribution is 5.91. The van der Waals surface area contributed by atoms with Crippen molar-refractivity contribution in [2.24, 2.45) is 5.92 Å². The van der Waals surface area contributed by atoms with Gasteiger partial charge < -0.3 is 15.2 Å². The maximum absolute atomic E-state index is 13.9. The molecule has 41 heavy (non-hydrogen) atoms. The molecule has 2 bridgehead atoms. The Bertz CT molecular complexity index is 1760.